The monoisotopic (exact) mass is 566 g/mol. The number of rotatable bonds is 10. The Morgan fingerprint density at radius 1 is 1.24 bits per heavy atom. The number of halogens is 3. The highest BCUT2D eigenvalue weighted by Gasteiger charge is 2.26. The highest BCUT2D eigenvalue weighted by atomic mass is 32.2. The first-order valence-electron chi connectivity index (χ1n) is 10.3. The van der Waals surface area contributed by atoms with Gasteiger partial charge in [-0.15, -0.1) is 4.40 Å². The van der Waals surface area contributed by atoms with E-state index in [0.717, 1.165) is 6.26 Å². The average Bonchev–Trinajstić information content (AvgIpc) is 3.12. The average molecular weight is 567 g/mol. The second-order valence-electron chi connectivity index (χ2n) is 7.10. The van der Waals surface area contributed by atoms with Crippen molar-refractivity contribution < 1.29 is 46.1 Å². The number of carboxylic acids is 2. The van der Waals surface area contributed by atoms with Gasteiger partial charge >= 0.3 is 24.1 Å². The van der Waals surface area contributed by atoms with Crippen molar-refractivity contribution in [3.8, 4) is 6.01 Å². The molecule has 210 valence electrons. The molecule has 0 saturated carbocycles. The van der Waals surface area contributed by atoms with E-state index in [2.05, 4.69) is 24.7 Å². The van der Waals surface area contributed by atoms with E-state index in [-0.39, 0.29) is 24.1 Å². The molecular weight excluding hydrogens is 541 g/mol. The Labute approximate surface area is 213 Å². The van der Waals surface area contributed by atoms with E-state index >= 15 is 0 Å². The maximum absolute atomic E-state index is 12.1. The second kappa shape index (κ2) is 14.4. The number of carboxylic acid groups (broad SMARTS) is 2. The Balaban J connectivity index is 0.000000781. The molecular formula is C19H25F3N8O7S. The third-order valence-electron chi connectivity index (χ3n) is 3.75. The van der Waals surface area contributed by atoms with E-state index in [1.807, 2.05) is 0 Å². The van der Waals surface area contributed by atoms with E-state index in [9.17, 15) is 31.2 Å². The van der Waals surface area contributed by atoms with Crippen molar-refractivity contribution >= 4 is 33.7 Å². The van der Waals surface area contributed by atoms with E-state index in [1.165, 1.54) is 12.3 Å². The van der Waals surface area contributed by atoms with Crippen LogP contribution in [0.2, 0.25) is 0 Å². The molecule has 0 saturated heterocycles. The van der Waals surface area contributed by atoms with E-state index in [0.29, 0.717) is 25.1 Å². The van der Waals surface area contributed by atoms with Crippen LogP contribution in [0.3, 0.4) is 0 Å². The van der Waals surface area contributed by atoms with Crippen molar-refractivity contribution in [2.24, 2.45) is 22.2 Å². The van der Waals surface area contributed by atoms with Gasteiger partial charge in [0.05, 0.1) is 12.9 Å². The zero-order valence-electron chi connectivity index (χ0n) is 20.0. The molecule has 0 fully saturated rings. The number of aryl methyl sites for hydroxylation is 2. The zero-order valence-corrected chi connectivity index (χ0v) is 20.8. The fourth-order valence-corrected chi connectivity index (χ4v) is 2.85. The lowest BCUT2D eigenvalue weighted by molar-refractivity contribution is -0.134. The molecule has 0 aliphatic carbocycles. The SMILES string of the molecule is Cn1ccn(CCCOc2nccc(NC(N)=NCC(F)(F)F)n2)c1=NS(C)(=O)=O.O=C(O)C=CC(=O)O. The summed E-state index contributed by atoms with van der Waals surface area (Å²) in [6.45, 7) is -0.795. The maximum Gasteiger partial charge on any atom is 0.408 e. The Bertz CT molecular complexity index is 1320. The third-order valence-corrected chi connectivity index (χ3v) is 4.25. The minimum absolute atomic E-state index is 0.0114. The lowest BCUT2D eigenvalue weighted by Gasteiger charge is -2.08. The molecule has 0 unspecified atom stereocenters. The van der Waals surface area contributed by atoms with Crippen LogP contribution in [-0.2, 0) is 33.2 Å². The summed E-state index contributed by atoms with van der Waals surface area (Å²) in [4.78, 5) is 30.2. The van der Waals surface area contributed by atoms with Crippen LogP contribution in [0.4, 0.5) is 19.0 Å². The van der Waals surface area contributed by atoms with Gasteiger partial charge in [0.15, 0.2) is 5.96 Å². The standard InChI is InChI=1S/C15H21F3N8O3S.C4H4O4/c1-25-7-8-26(14(25)24-30(2,27)28)6-3-9-29-13-20-5-4-11(23-13)22-12(19)21-10-15(16,17)18;5-3(6)1-2-4(7)8/h4-5,7-8H,3,6,9-10H2,1-2H3,(H3,19,20,21,22,23);1-2H,(H,5,6)(H,7,8). The lowest BCUT2D eigenvalue weighted by Crippen LogP contribution is -2.26. The van der Waals surface area contributed by atoms with Gasteiger partial charge < -0.3 is 35.1 Å². The van der Waals surface area contributed by atoms with Crippen LogP contribution in [-0.4, -0.2) is 81.2 Å². The molecule has 0 bridgehead atoms. The van der Waals surface area contributed by atoms with Crippen molar-refractivity contribution in [1.82, 2.24) is 19.1 Å². The minimum Gasteiger partial charge on any atom is -0.478 e. The maximum atomic E-state index is 12.1. The minimum atomic E-state index is -4.46. The molecule has 2 aromatic heterocycles. The highest BCUT2D eigenvalue weighted by molar-refractivity contribution is 7.89. The number of nitrogens with zero attached hydrogens (tertiary/aromatic N) is 6. The highest BCUT2D eigenvalue weighted by Crippen LogP contribution is 2.14. The normalized spacial score (nSPS) is 12.7. The van der Waals surface area contributed by atoms with Crippen LogP contribution in [0, 0.1) is 0 Å². The molecule has 0 aliphatic rings. The molecule has 5 N–H and O–H groups in total. The lowest BCUT2D eigenvalue weighted by atomic mass is 10.4. The van der Waals surface area contributed by atoms with E-state index in [4.69, 9.17) is 20.7 Å². The number of aromatic nitrogens is 4. The molecule has 0 spiro atoms. The predicted molar refractivity (Wildman–Crippen MR) is 127 cm³/mol. The number of sulfonamides is 1. The van der Waals surface area contributed by atoms with Gasteiger partial charge in [-0.1, -0.05) is 0 Å². The molecule has 15 nitrogen and oxygen atoms in total. The molecule has 0 amide bonds. The third kappa shape index (κ3) is 14.2. The number of imidazole rings is 1. The van der Waals surface area contributed by atoms with Gasteiger partial charge in [-0.25, -0.2) is 28.0 Å². The van der Waals surface area contributed by atoms with Crippen molar-refractivity contribution in [2.75, 3.05) is 24.7 Å². The number of hydrogen-bond acceptors (Lipinski definition) is 8. The van der Waals surface area contributed by atoms with Crippen molar-refractivity contribution in [3.05, 3.63) is 42.4 Å². The number of aliphatic carboxylic acids is 2. The largest absolute Gasteiger partial charge is 0.478 e. The number of hydrogen-bond donors (Lipinski definition) is 4. The molecule has 0 aromatic carbocycles. The zero-order chi connectivity index (χ0) is 28.9. The van der Waals surface area contributed by atoms with Crippen molar-refractivity contribution in [1.29, 1.82) is 0 Å². The number of alkyl halides is 3. The van der Waals surface area contributed by atoms with Gasteiger partial charge in [0.25, 0.3) is 10.0 Å². The van der Waals surface area contributed by atoms with Crippen LogP contribution in [0.15, 0.2) is 46.2 Å². The number of aliphatic imine (C=N–C) groups is 1. The first kappa shape index (κ1) is 31.6. The summed E-state index contributed by atoms with van der Waals surface area (Å²) < 4.78 is 71.6. The molecule has 2 heterocycles. The summed E-state index contributed by atoms with van der Waals surface area (Å²) in [5.41, 5.74) is 5.66. The van der Waals surface area contributed by atoms with Gasteiger partial charge in [0.1, 0.15) is 12.4 Å². The predicted octanol–water partition coefficient (Wildman–Crippen LogP) is -0.0533. The molecule has 2 rings (SSSR count). The van der Waals surface area contributed by atoms with E-state index in [1.54, 1.807) is 28.6 Å². The fourth-order valence-electron chi connectivity index (χ4n) is 2.32. The summed E-state index contributed by atoms with van der Waals surface area (Å²) in [6, 6.07) is 1.38. The van der Waals surface area contributed by atoms with E-state index < -0.39 is 40.6 Å². The van der Waals surface area contributed by atoms with Crippen LogP contribution >= 0.6 is 0 Å². The molecule has 0 atom stereocenters. The Hall–Kier alpha value is -4.42. The van der Waals surface area contributed by atoms with Gasteiger partial charge in [-0.05, 0) is 12.5 Å². The Morgan fingerprint density at radius 3 is 2.42 bits per heavy atom. The topological polar surface area (TPSA) is 216 Å². The van der Waals surface area contributed by atoms with Crippen LogP contribution in [0.25, 0.3) is 0 Å². The second-order valence-corrected chi connectivity index (χ2v) is 8.75. The van der Waals surface area contributed by atoms with Gasteiger partial charge in [-0.2, -0.15) is 18.2 Å². The van der Waals surface area contributed by atoms with Gasteiger partial charge in [0, 0.05) is 44.3 Å². The summed E-state index contributed by atoms with van der Waals surface area (Å²) in [5, 5.41) is 18.0. The van der Waals surface area contributed by atoms with Gasteiger partial charge in [-0.3, -0.25) is 0 Å². The Kier molecular flexibility index (Phi) is 11.9. The number of carbonyl (C=O) groups is 2. The summed E-state index contributed by atoms with van der Waals surface area (Å²) in [7, 11) is -1.88. The molecule has 0 aliphatic heterocycles. The number of nitrogens with two attached hydrogens (primary N) is 1. The smallest absolute Gasteiger partial charge is 0.408 e. The summed E-state index contributed by atoms with van der Waals surface area (Å²) >= 11 is 0. The fraction of sp³-hybridized carbons (Fsp3) is 0.368. The quantitative estimate of drug-likeness (QED) is 0.129. The number of nitrogens with one attached hydrogen (secondary N) is 1. The molecule has 0 radical (unpaired) electrons. The van der Waals surface area contributed by atoms with Gasteiger partial charge in [0.2, 0.25) is 5.62 Å². The summed E-state index contributed by atoms with van der Waals surface area (Å²) in [5.74, 6) is -2.84. The number of ether oxygens (including phenoxy) is 1. The number of guanidine groups is 1. The first-order chi connectivity index (χ1) is 17.6. The summed E-state index contributed by atoms with van der Waals surface area (Å²) in [6.07, 6.45) is 2.85. The number of anilines is 1. The van der Waals surface area contributed by atoms with Crippen LogP contribution < -0.4 is 21.4 Å². The Morgan fingerprint density at radius 2 is 1.87 bits per heavy atom. The first-order valence-corrected chi connectivity index (χ1v) is 12.1. The van der Waals surface area contributed by atoms with Crippen molar-refractivity contribution in [3.63, 3.8) is 0 Å². The molecule has 38 heavy (non-hydrogen) atoms. The van der Waals surface area contributed by atoms with Crippen molar-refractivity contribution in [2.45, 2.75) is 19.1 Å². The van der Waals surface area contributed by atoms with Crippen LogP contribution in [0.1, 0.15) is 6.42 Å². The molecule has 19 heteroatoms. The van der Waals surface area contributed by atoms with Crippen LogP contribution in [0.5, 0.6) is 6.01 Å². The molecule has 2 aromatic rings.